The molecule has 0 N–H and O–H groups in total. The van der Waals surface area contributed by atoms with Gasteiger partial charge in [0.05, 0.1) is 23.4 Å². The first-order valence-electron chi connectivity index (χ1n) is 6.79. The molecule has 2 aromatic heterocycles. The normalized spacial score (nSPS) is 14.4. The van der Waals surface area contributed by atoms with Crippen molar-refractivity contribution in [3.63, 3.8) is 0 Å². The number of ether oxygens (including phenoxy) is 1. The van der Waals surface area contributed by atoms with Crippen LogP contribution in [0.5, 0.6) is 5.88 Å². The van der Waals surface area contributed by atoms with E-state index in [-0.39, 0.29) is 18.7 Å². The summed E-state index contributed by atoms with van der Waals surface area (Å²) >= 11 is 0. The monoisotopic (exact) mass is 326 g/mol. The zero-order valence-electron chi connectivity index (χ0n) is 12.4. The third kappa shape index (κ3) is 2.62. The lowest BCUT2D eigenvalue weighted by atomic mass is 10.1. The summed E-state index contributed by atoms with van der Waals surface area (Å²) in [6, 6.07) is 0.802. The van der Waals surface area contributed by atoms with Crippen LogP contribution in [0.15, 0.2) is 18.5 Å². The highest BCUT2D eigenvalue weighted by molar-refractivity contribution is 6.07. The number of pyridine rings is 1. The molecule has 0 atom stereocenters. The van der Waals surface area contributed by atoms with Crippen LogP contribution in [-0.2, 0) is 13.2 Å². The lowest BCUT2D eigenvalue weighted by molar-refractivity contribution is -0.137. The number of hydrogen-bond donors (Lipinski definition) is 0. The first-order valence-corrected chi connectivity index (χ1v) is 6.79. The summed E-state index contributed by atoms with van der Waals surface area (Å²) in [6.07, 6.45) is -2.74. The van der Waals surface area contributed by atoms with Gasteiger partial charge < -0.3 is 4.74 Å². The Balaban J connectivity index is 2.00. The van der Waals surface area contributed by atoms with Crippen LogP contribution in [-0.4, -0.2) is 33.8 Å². The number of rotatable bonds is 1. The zero-order valence-corrected chi connectivity index (χ0v) is 12.4. The summed E-state index contributed by atoms with van der Waals surface area (Å²) in [5.74, 6) is -0.147. The number of amides is 1. The van der Waals surface area contributed by atoms with E-state index < -0.39 is 17.6 Å². The second-order valence-corrected chi connectivity index (χ2v) is 5.13. The second-order valence-electron chi connectivity index (χ2n) is 5.13. The van der Waals surface area contributed by atoms with E-state index in [2.05, 4.69) is 10.1 Å². The van der Waals surface area contributed by atoms with Crippen molar-refractivity contribution in [1.29, 1.82) is 0 Å². The number of fused-ring (bicyclic) bond motifs is 1. The van der Waals surface area contributed by atoms with Gasteiger partial charge >= 0.3 is 6.18 Å². The maximum absolute atomic E-state index is 12.8. The van der Waals surface area contributed by atoms with Gasteiger partial charge in [-0.25, -0.2) is 4.68 Å². The number of carbonyl (C=O) groups excluding carboxylic acids is 1. The highest BCUT2D eigenvalue weighted by Crippen LogP contribution is 2.35. The molecule has 0 bridgehead atoms. The first-order chi connectivity index (χ1) is 10.8. The molecule has 3 heterocycles. The molecule has 2 aromatic rings. The van der Waals surface area contributed by atoms with E-state index in [1.165, 1.54) is 9.58 Å². The minimum absolute atomic E-state index is 0.129. The summed E-state index contributed by atoms with van der Waals surface area (Å²) < 4.78 is 45.3. The predicted molar refractivity (Wildman–Crippen MR) is 74.4 cm³/mol. The maximum atomic E-state index is 12.8. The van der Waals surface area contributed by atoms with Crippen LogP contribution in [0.3, 0.4) is 0 Å². The van der Waals surface area contributed by atoms with Crippen LogP contribution in [0, 0.1) is 6.92 Å². The van der Waals surface area contributed by atoms with Crippen molar-refractivity contribution in [2.45, 2.75) is 13.1 Å². The molecule has 6 nitrogen and oxygen atoms in total. The number of hydrogen-bond acceptors (Lipinski definition) is 4. The SMILES string of the molecule is Cc1nn(C)c2c1N(C(=O)c1cncc(C(F)(F)F)c1)CCO2. The smallest absolute Gasteiger partial charge is 0.417 e. The number of anilines is 1. The van der Waals surface area contributed by atoms with Gasteiger partial charge in [-0.15, -0.1) is 0 Å². The maximum Gasteiger partial charge on any atom is 0.417 e. The molecule has 0 unspecified atom stereocenters. The Hall–Kier alpha value is -2.58. The fourth-order valence-electron chi connectivity index (χ4n) is 2.51. The Morgan fingerprint density at radius 1 is 1.35 bits per heavy atom. The molecule has 9 heteroatoms. The molecule has 0 aliphatic carbocycles. The summed E-state index contributed by atoms with van der Waals surface area (Å²) in [6.45, 7) is 2.18. The van der Waals surface area contributed by atoms with Crippen molar-refractivity contribution in [2.24, 2.45) is 7.05 Å². The Kier molecular flexibility index (Phi) is 3.50. The molecule has 122 valence electrons. The van der Waals surface area contributed by atoms with E-state index in [0.717, 1.165) is 12.3 Å². The molecule has 0 fully saturated rings. The second kappa shape index (κ2) is 5.25. The molecular weight excluding hydrogens is 313 g/mol. The van der Waals surface area contributed by atoms with Crippen molar-refractivity contribution in [3.05, 3.63) is 35.3 Å². The lowest BCUT2D eigenvalue weighted by Gasteiger charge is -2.27. The molecular formula is C14H13F3N4O2. The van der Waals surface area contributed by atoms with Crippen molar-refractivity contribution < 1.29 is 22.7 Å². The Bertz CT molecular complexity index is 770. The zero-order chi connectivity index (χ0) is 16.8. The van der Waals surface area contributed by atoms with Gasteiger partial charge in [0.15, 0.2) is 0 Å². The van der Waals surface area contributed by atoms with E-state index in [1.807, 2.05) is 0 Å². The molecule has 0 spiro atoms. The third-order valence-corrected chi connectivity index (χ3v) is 3.52. The van der Waals surface area contributed by atoms with Gasteiger partial charge in [0.2, 0.25) is 5.88 Å². The van der Waals surface area contributed by atoms with Gasteiger partial charge in [0, 0.05) is 19.4 Å². The van der Waals surface area contributed by atoms with Crippen LogP contribution in [0.1, 0.15) is 21.6 Å². The van der Waals surface area contributed by atoms with Crippen molar-refractivity contribution in [2.75, 3.05) is 18.1 Å². The van der Waals surface area contributed by atoms with Crippen molar-refractivity contribution in [1.82, 2.24) is 14.8 Å². The number of nitrogens with zero attached hydrogens (tertiary/aromatic N) is 4. The Morgan fingerprint density at radius 2 is 2.09 bits per heavy atom. The molecule has 0 aromatic carbocycles. The summed E-state index contributed by atoms with van der Waals surface area (Å²) in [7, 11) is 1.67. The van der Waals surface area contributed by atoms with E-state index in [0.29, 0.717) is 23.5 Å². The fourth-order valence-corrected chi connectivity index (χ4v) is 2.51. The van der Waals surface area contributed by atoms with Crippen LogP contribution >= 0.6 is 0 Å². The molecule has 1 aliphatic heterocycles. The topological polar surface area (TPSA) is 60.2 Å². The van der Waals surface area contributed by atoms with Gasteiger partial charge in [0.25, 0.3) is 5.91 Å². The van der Waals surface area contributed by atoms with E-state index in [1.54, 1.807) is 14.0 Å². The number of carbonyl (C=O) groups is 1. The minimum Gasteiger partial charge on any atom is -0.474 e. The van der Waals surface area contributed by atoms with Crippen LogP contribution < -0.4 is 9.64 Å². The quantitative estimate of drug-likeness (QED) is 0.806. The number of aromatic nitrogens is 3. The highest BCUT2D eigenvalue weighted by Gasteiger charge is 2.34. The van der Waals surface area contributed by atoms with Crippen LogP contribution in [0.2, 0.25) is 0 Å². The summed E-state index contributed by atoms with van der Waals surface area (Å²) in [4.78, 5) is 17.5. The fraction of sp³-hybridized carbons (Fsp3) is 0.357. The van der Waals surface area contributed by atoms with Gasteiger partial charge in [0.1, 0.15) is 12.3 Å². The standard InChI is InChI=1S/C14H13F3N4O2/c1-8-11-13(20(2)19-8)23-4-3-21(11)12(22)9-5-10(7-18-6-9)14(15,16)17/h5-7H,3-4H2,1-2H3. The van der Waals surface area contributed by atoms with Crippen molar-refractivity contribution in [3.8, 4) is 5.88 Å². The van der Waals surface area contributed by atoms with Crippen LogP contribution in [0.4, 0.5) is 18.9 Å². The van der Waals surface area contributed by atoms with Gasteiger partial charge in [-0.05, 0) is 13.0 Å². The number of aryl methyl sites for hydroxylation is 2. The predicted octanol–water partition coefficient (Wildman–Crippen LogP) is 2.18. The number of alkyl halides is 3. The minimum atomic E-state index is -4.55. The number of halogens is 3. The molecule has 0 saturated carbocycles. The van der Waals surface area contributed by atoms with Gasteiger partial charge in [-0.3, -0.25) is 14.7 Å². The largest absolute Gasteiger partial charge is 0.474 e. The Morgan fingerprint density at radius 3 is 2.78 bits per heavy atom. The molecule has 3 rings (SSSR count). The third-order valence-electron chi connectivity index (χ3n) is 3.52. The summed E-state index contributed by atoms with van der Waals surface area (Å²) in [5, 5.41) is 4.18. The van der Waals surface area contributed by atoms with E-state index >= 15 is 0 Å². The average molecular weight is 326 g/mol. The van der Waals surface area contributed by atoms with Gasteiger partial charge in [-0.2, -0.15) is 18.3 Å². The van der Waals surface area contributed by atoms with E-state index in [9.17, 15) is 18.0 Å². The highest BCUT2D eigenvalue weighted by atomic mass is 19.4. The molecule has 0 radical (unpaired) electrons. The van der Waals surface area contributed by atoms with Crippen LogP contribution in [0.25, 0.3) is 0 Å². The molecule has 1 amide bonds. The van der Waals surface area contributed by atoms with Crippen molar-refractivity contribution >= 4 is 11.6 Å². The Labute approximate surface area is 129 Å². The molecule has 23 heavy (non-hydrogen) atoms. The van der Waals surface area contributed by atoms with Gasteiger partial charge in [-0.1, -0.05) is 0 Å². The van der Waals surface area contributed by atoms with E-state index in [4.69, 9.17) is 4.74 Å². The molecule has 1 aliphatic rings. The summed E-state index contributed by atoms with van der Waals surface area (Å²) in [5.41, 5.74) is -0.0488. The average Bonchev–Trinajstić information content (AvgIpc) is 2.81. The molecule has 0 saturated heterocycles. The first kappa shape index (κ1) is 15.3. The lowest BCUT2D eigenvalue weighted by Crippen LogP contribution is -2.38.